The Morgan fingerprint density at radius 3 is 2.61 bits per heavy atom. The van der Waals surface area contributed by atoms with Crippen molar-refractivity contribution in [2.75, 3.05) is 17.2 Å². The van der Waals surface area contributed by atoms with Crippen LogP contribution in [0, 0.1) is 0 Å². The van der Waals surface area contributed by atoms with Crippen molar-refractivity contribution in [2.24, 2.45) is 0 Å². The van der Waals surface area contributed by atoms with E-state index in [-0.39, 0.29) is 5.75 Å². The lowest BCUT2D eigenvalue weighted by Gasteiger charge is -2.10. The van der Waals surface area contributed by atoms with Crippen molar-refractivity contribution in [3.63, 3.8) is 0 Å². The van der Waals surface area contributed by atoms with Crippen molar-refractivity contribution < 1.29 is 5.11 Å². The van der Waals surface area contributed by atoms with E-state index < -0.39 is 0 Å². The fourth-order valence-electron chi connectivity index (χ4n) is 2.10. The lowest BCUT2D eigenvalue weighted by molar-refractivity contribution is 0.475. The summed E-state index contributed by atoms with van der Waals surface area (Å²) in [6, 6.07) is 12.5. The average Bonchev–Trinajstić information content (AvgIpc) is 2.58. The Hall–Kier alpha value is -3.15. The van der Waals surface area contributed by atoms with E-state index >= 15 is 0 Å². The van der Waals surface area contributed by atoms with E-state index in [9.17, 15) is 5.11 Å². The highest BCUT2D eigenvalue weighted by Crippen LogP contribution is 2.23. The second-order valence-corrected chi connectivity index (χ2v) is 4.91. The van der Waals surface area contributed by atoms with Gasteiger partial charge in [0.05, 0.1) is 5.69 Å². The van der Waals surface area contributed by atoms with Gasteiger partial charge in [-0.1, -0.05) is 0 Å². The normalized spacial score (nSPS) is 10.3. The van der Waals surface area contributed by atoms with Crippen molar-refractivity contribution in [1.82, 2.24) is 15.0 Å². The van der Waals surface area contributed by atoms with Gasteiger partial charge in [-0.3, -0.25) is 4.98 Å². The zero-order valence-electron chi connectivity index (χ0n) is 12.7. The largest absolute Gasteiger partial charge is 0.508 e. The van der Waals surface area contributed by atoms with Crippen molar-refractivity contribution in [3.8, 4) is 17.0 Å². The van der Waals surface area contributed by atoms with Crippen LogP contribution in [0.5, 0.6) is 5.75 Å². The molecule has 3 N–H and O–H groups in total. The number of rotatable bonds is 5. The Morgan fingerprint density at radius 1 is 1.09 bits per heavy atom. The summed E-state index contributed by atoms with van der Waals surface area (Å²) < 4.78 is 0. The van der Waals surface area contributed by atoms with Gasteiger partial charge < -0.3 is 15.7 Å². The molecule has 0 aliphatic heterocycles. The summed E-state index contributed by atoms with van der Waals surface area (Å²) in [4.78, 5) is 13.1. The first-order valence-corrected chi connectivity index (χ1v) is 7.34. The van der Waals surface area contributed by atoms with Crippen LogP contribution >= 0.6 is 0 Å². The smallest absolute Gasteiger partial charge is 0.225 e. The van der Waals surface area contributed by atoms with E-state index in [0.717, 1.165) is 23.5 Å². The molecule has 3 aromatic rings. The van der Waals surface area contributed by atoms with Crippen LogP contribution in [0.4, 0.5) is 17.5 Å². The molecule has 23 heavy (non-hydrogen) atoms. The monoisotopic (exact) mass is 307 g/mol. The molecule has 0 radical (unpaired) electrons. The first-order chi connectivity index (χ1) is 11.2. The summed E-state index contributed by atoms with van der Waals surface area (Å²) in [5, 5.41) is 15.7. The Kier molecular flexibility index (Phi) is 4.33. The van der Waals surface area contributed by atoms with Crippen LogP contribution in [0.25, 0.3) is 11.3 Å². The molecule has 6 nitrogen and oxygen atoms in total. The van der Waals surface area contributed by atoms with Gasteiger partial charge in [0.2, 0.25) is 5.95 Å². The van der Waals surface area contributed by atoms with Gasteiger partial charge in [0.1, 0.15) is 11.6 Å². The lowest BCUT2D eigenvalue weighted by Crippen LogP contribution is -2.05. The molecule has 0 fully saturated rings. The SMILES string of the molecule is CCNc1nc(Nc2ccc(O)cc2)cc(-c2cccnc2)n1. The minimum absolute atomic E-state index is 0.225. The number of phenols is 1. The van der Waals surface area contributed by atoms with Gasteiger partial charge in [-0.25, -0.2) is 4.98 Å². The molecule has 6 heteroatoms. The van der Waals surface area contributed by atoms with Gasteiger partial charge in [0, 0.05) is 36.3 Å². The topological polar surface area (TPSA) is 83.0 Å². The number of nitrogens with zero attached hydrogens (tertiary/aromatic N) is 3. The van der Waals surface area contributed by atoms with Crippen molar-refractivity contribution in [1.29, 1.82) is 0 Å². The fourth-order valence-corrected chi connectivity index (χ4v) is 2.10. The van der Waals surface area contributed by atoms with Gasteiger partial charge in [-0.05, 0) is 43.3 Å². The molecule has 3 rings (SSSR count). The third kappa shape index (κ3) is 3.74. The van der Waals surface area contributed by atoms with Crippen molar-refractivity contribution in [2.45, 2.75) is 6.92 Å². The van der Waals surface area contributed by atoms with Gasteiger partial charge in [0.15, 0.2) is 0 Å². The van der Waals surface area contributed by atoms with E-state index in [4.69, 9.17) is 0 Å². The second-order valence-electron chi connectivity index (χ2n) is 4.91. The minimum Gasteiger partial charge on any atom is -0.508 e. The number of pyridine rings is 1. The van der Waals surface area contributed by atoms with Crippen molar-refractivity contribution >= 4 is 17.5 Å². The van der Waals surface area contributed by atoms with E-state index in [0.29, 0.717) is 11.8 Å². The molecule has 0 saturated carbocycles. The summed E-state index contributed by atoms with van der Waals surface area (Å²) in [6.45, 7) is 2.72. The Bertz CT molecular complexity index is 775. The zero-order valence-corrected chi connectivity index (χ0v) is 12.7. The molecule has 0 atom stereocenters. The maximum Gasteiger partial charge on any atom is 0.225 e. The molecule has 2 heterocycles. The molecule has 1 aromatic carbocycles. The van der Waals surface area contributed by atoms with E-state index in [1.54, 1.807) is 36.7 Å². The number of benzene rings is 1. The van der Waals surface area contributed by atoms with Crippen LogP contribution in [-0.2, 0) is 0 Å². The number of hydrogen-bond donors (Lipinski definition) is 3. The maximum absolute atomic E-state index is 9.36. The number of aromatic nitrogens is 3. The molecule has 0 spiro atoms. The quantitative estimate of drug-likeness (QED) is 0.626. The van der Waals surface area contributed by atoms with Crippen LogP contribution in [0.3, 0.4) is 0 Å². The summed E-state index contributed by atoms with van der Waals surface area (Å²) in [7, 11) is 0. The lowest BCUT2D eigenvalue weighted by atomic mass is 10.2. The number of anilines is 3. The van der Waals surface area contributed by atoms with Crippen LogP contribution in [0.15, 0.2) is 54.9 Å². The highest BCUT2D eigenvalue weighted by Gasteiger charge is 2.07. The molecule has 0 bridgehead atoms. The number of nitrogens with one attached hydrogen (secondary N) is 2. The maximum atomic E-state index is 9.36. The standard InChI is InChI=1S/C17H17N5O/c1-2-19-17-21-15(12-4-3-9-18-11-12)10-16(22-17)20-13-5-7-14(23)8-6-13/h3-11,23H,2H2,1H3,(H2,19,20,21,22). The minimum atomic E-state index is 0.225. The molecular weight excluding hydrogens is 290 g/mol. The molecule has 0 saturated heterocycles. The summed E-state index contributed by atoms with van der Waals surface area (Å²) in [5.41, 5.74) is 2.54. The number of aromatic hydroxyl groups is 1. The Labute approximate surface area is 134 Å². The number of hydrogen-bond acceptors (Lipinski definition) is 6. The van der Waals surface area contributed by atoms with Crippen LogP contribution in [0.1, 0.15) is 6.92 Å². The molecule has 0 aliphatic rings. The summed E-state index contributed by atoms with van der Waals surface area (Å²) in [6.07, 6.45) is 3.49. The summed E-state index contributed by atoms with van der Waals surface area (Å²) >= 11 is 0. The Morgan fingerprint density at radius 2 is 1.91 bits per heavy atom. The van der Waals surface area contributed by atoms with E-state index in [2.05, 4.69) is 25.6 Å². The van der Waals surface area contributed by atoms with Gasteiger partial charge in [-0.15, -0.1) is 0 Å². The third-order valence-electron chi connectivity index (χ3n) is 3.16. The highest BCUT2D eigenvalue weighted by molar-refractivity contribution is 5.67. The average molecular weight is 307 g/mol. The van der Waals surface area contributed by atoms with Gasteiger partial charge in [0.25, 0.3) is 0 Å². The molecule has 0 unspecified atom stereocenters. The van der Waals surface area contributed by atoms with Crippen LogP contribution in [-0.4, -0.2) is 26.6 Å². The Balaban J connectivity index is 1.95. The summed E-state index contributed by atoms with van der Waals surface area (Å²) in [5.74, 6) is 1.44. The molecule has 0 amide bonds. The first kappa shape index (κ1) is 14.8. The predicted octanol–water partition coefficient (Wildman–Crippen LogP) is 3.42. The second kappa shape index (κ2) is 6.74. The molecule has 0 aliphatic carbocycles. The van der Waals surface area contributed by atoms with E-state index in [1.165, 1.54) is 0 Å². The molecule has 2 aromatic heterocycles. The van der Waals surface area contributed by atoms with Crippen molar-refractivity contribution in [3.05, 3.63) is 54.9 Å². The highest BCUT2D eigenvalue weighted by atomic mass is 16.3. The number of phenolic OH excluding ortho intramolecular Hbond substituents is 1. The van der Waals surface area contributed by atoms with Gasteiger partial charge >= 0.3 is 0 Å². The third-order valence-corrected chi connectivity index (χ3v) is 3.16. The fraction of sp³-hybridized carbons (Fsp3) is 0.118. The van der Waals surface area contributed by atoms with Crippen LogP contribution in [0.2, 0.25) is 0 Å². The molecular formula is C17H17N5O. The van der Waals surface area contributed by atoms with Crippen LogP contribution < -0.4 is 10.6 Å². The zero-order chi connectivity index (χ0) is 16.1. The van der Waals surface area contributed by atoms with E-state index in [1.807, 2.05) is 25.1 Å². The van der Waals surface area contributed by atoms with Gasteiger partial charge in [-0.2, -0.15) is 4.98 Å². The molecule has 116 valence electrons. The first-order valence-electron chi connectivity index (χ1n) is 7.34. The predicted molar refractivity (Wildman–Crippen MR) is 90.8 cm³/mol.